The number of hydrogen-bond donors (Lipinski definition) is 0. The zero-order chi connectivity index (χ0) is 14.2. The molecule has 2 aromatic carbocycles. The van der Waals surface area contributed by atoms with Crippen LogP contribution >= 0.6 is 0 Å². The highest BCUT2D eigenvalue weighted by Crippen LogP contribution is 2.11. The van der Waals surface area contributed by atoms with Crippen LogP contribution in [0.2, 0.25) is 0 Å². The number of rotatable bonds is 6. The molecule has 0 bridgehead atoms. The fourth-order valence-corrected chi connectivity index (χ4v) is 2.54. The minimum Gasteiger partial charge on any atom is -0.284 e. The van der Waals surface area contributed by atoms with Gasteiger partial charge in [0.05, 0.1) is 5.71 Å². The van der Waals surface area contributed by atoms with Gasteiger partial charge in [0.15, 0.2) is 0 Å². The molecule has 0 fully saturated rings. The van der Waals surface area contributed by atoms with E-state index in [0.717, 1.165) is 23.3 Å². The number of benzene rings is 2. The average Bonchev–Trinajstić information content (AvgIpc) is 2.49. The third-order valence-electron chi connectivity index (χ3n) is 2.95. The van der Waals surface area contributed by atoms with Gasteiger partial charge < -0.3 is 0 Å². The molecule has 1 unspecified atom stereocenters. The van der Waals surface area contributed by atoms with E-state index in [2.05, 4.69) is 24.3 Å². The van der Waals surface area contributed by atoms with Crippen LogP contribution < -0.4 is 0 Å². The van der Waals surface area contributed by atoms with Gasteiger partial charge in [-0.05, 0) is 6.42 Å². The lowest BCUT2D eigenvalue weighted by atomic mass is 10.0. The van der Waals surface area contributed by atoms with Crippen molar-refractivity contribution in [3.63, 3.8) is 0 Å². The molecule has 0 radical (unpaired) electrons. The predicted octanol–water partition coefficient (Wildman–Crippen LogP) is 3.29. The first-order valence-corrected chi connectivity index (χ1v) is 8.45. The van der Waals surface area contributed by atoms with Crippen LogP contribution in [-0.4, -0.2) is 28.5 Å². The second kappa shape index (κ2) is 7.75. The van der Waals surface area contributed by atoms with E-state index < -0.39 is 10.8 Å². The molecule has 0 saturated carbocycles. The SMILES string of the molecule is CS(=O)CCCN=C(c1ccccc1)c1ccccc1. The molecule has 0 heterocycles. The van der Waals surface area contributed by atoms with Gasteiger partial charge in [0.2, 0.25) is 0 Å². The highest BCUT2D eigenvalue weighted by molar-refractivity contribution is 7.84. The molecule has 0 aliphatic heterocycles. The molecular formula is C17H19NOS. The first-order chi connectivity index (χ1) is 9.77. The summed E-state index contributed by atoms with van der Waals surface area (Å²) in [6.45, 7) is 0.707. The zero-order valence-corrected chi connectivity index (χ0v) is 12.5. The van der Waals surface area contributed by atoms with E-state index in [-0.39, 0.29) is 0 Å². The van der Waals surface area contributed by atoms with Crippen LogP contribution in [-0.2, 0) is 10.8 Å². The highest BCUT2D eigenvalue weighted by atomic mass is 32.2. The van der Waals surface area contributed by atoms with Gasteiger partial charge >= 0.3 is 0 Å². The van der Waals surface area contributed by atoms with E-state index in [4.69, 9.17) is 4.99 Å². The monoisotopic (exact) mass is 285 g/mol. The van der Waals surface area contributed by atoms with E-state index in [1.54, 1.807) is 6.26 Å². The molecule has 2 nitrogen and oxygen atoms in total. The second-order valence-electron chi connectivity index (χ2n) is 4.59. The summed E-state index contributed by atoms with van der Waals surface area (Å²) in [7, 11) is -0.739. The summed E-state index contributed by atoms with van der Waals surface area (Å²) in [5.74, 6) is 0.709. The summed E-state index contributed by atoms with van der Waals surface area (Å²) in [5.41, 5.74) is 3.25. The van der Waals surface area contributed by atoms with Crippen LogP contribution in [0.25, 0.3) is 0 Å². The quantitative estimate of drug-likeness (QED) is 0.591. The largest absolute Gasteiger partial charge is 0.284 e. The van der Waals surface area contributed by atoms with Gasteiger partial charge in [-0.15, -0.1) is 0 Å². The Morgan fingerprint density at radius 2 is 1.45 bits per heavy atom. The Kier molecular flexibility index (Phi) is 5.69. The molecule has 0 aliphatic rings. The minimum atomic E-state index is -0.739. The van der Waals surface area contributed by atoms with Crippen molar-refractivity contribution in [3.05, 3.63) is 71.8 Å². The maximum Gasteiger partial charge on any atom is 0.0718 e. The first kappa shape index (κ1) is 14.7. The van der Waals surface area contributed by atoms with Crippen molar-refractivity contribution in [2.45, 2.75) is 6.42 Å². The van der Waals surface area contributed by atoms with Crippen molar-refractivity contribution in [2.75, 3.05) is 18.6 Å². The zero-order valence-electron chi connectivity index (χ0n) is 11.7. The molecule has 1 atom stereocenters. The smallest absolute Gasteiger partial charge is 0.0718 e. The fraction of sp³-hybridized carbons (Fsp3) is 0.235. The number of nitrogens with zero attached hydrogens (tertiary/aromatic N) is 1. The van der Waals surface area contributed by atoms with Crippen LogP contribution in [0, 0.1) is 0 Å². The van der Waals surface area contributed by atoms with Crippen LogP contribution in [0.1, 0.15) is 17.5 Å². The van der Waals surface area contributed by atoms with Gasteiger partial charge in [0, 0.05) is 40.5 Å². The summed E-state index contributed by atoms with van der Waals surface area (Å²) in [5, 5.41) is 0. The molecule has 0 N–H and O–H groups in total. The Hall–Kier alpha value is -1.74. The van der Waals surface area contributed by atoms with Crippen molar-refractivity contribution >= 4 is 16.5 Å². The second-order valence-corrected chi connectivity index (χ2v) is 6.15. The van der Waals surface area contributed by atoms with Crippen molar-refractivity contribution < 1.29 is 4.21 Å². The van der Waals surface area contributed by atoms with Gasteiger partial charge in [-0.3, -0.25) is 9.20 Å². The summed E-state index contributed by atoms with van der Waals surface area (Å²) >= 11 is 0. The Balaban J connectivity index is 2.21. The normalized spacial score (nSPS) is 11.8. The van der Waals surface area contributed by atoms with Gasteiger partial charge in [-0.2, -0.15) is 0 Å². The highest BCUT2D eigenvalue weighted by Gasteiger charge is 2.05. The van der Waals surface area contributed by atoms with Gasteiger partial charge in [0.25, 0.3) is 0 Å². The fourth-order valence-electron chi connectivity index (χ4n) is 2.00. The summed E-state index contributed by atoms with van der Waals surface area (Å²) < 4.78 is 11.1. The summed E-state index contributed by atoms with van der Waals surface area (Å²) in [6, 6.07) is 20.4. The first-order valence-electron chi connectivity index (χ1n) is 6.72. The maximum absolute atomic E-state index is 11.1. The molecule has 3 heteroatoms. The van der Waals surface area contributed by atoms with Crippen molar-refractivity contribution in [3.8, 4) is 0 Å². The lowest BCUT2D eigenvalue weighted by molar-refractivity contribution is 0.684. The Morgan fingerprint density at radius 3 is 1.90 bits per heavy atom. The van der Waals surface area contributed by atoms with E-state index in [1.807, 2.05) is 36.4 Å². The number of aliphatic imine (C=N–C) groups is 1. The Bertz CT molecular complexity index is 537. The summed E-state index contributed by atoms with van der Waals surface area (Å²) in [4.78, 5) is 4.72. The third kappa shape index (κ3) is 4.42. The van der Waals surface area contributed by atoms with E-state index in [0.29, 0.717) is 12.3 Å². The molecule has 0 aromatic heterocycles. The lowest BCUT2D eigenvalue weighted by Crippen LogP contribution is -2.05. The maximum atomic E-state index is 11.1. The topological polar surface area (TPSA) is 29.4 Å². The predicted molar refractivity (Wildman–Crippen MR) is 86.9 cm³/mol. The van der Waals surface area contributed by atoms with Crippen LogP contribution in [0.15, 0.2) is 65.7 Å². The molecule has 0 saturated heterocycles. The summed E-state index contributed by atoms with van der Waals surface area (Å²) in [6.07, 6.45) is 2.59. The lowest BCUT2D eigenvalue weighted by Gasteiger charge is -2.07. The minimum absolute atomic E-state index is 0.707. The third-order valence-corrected chi connectivity index (χ3v) is 3.82. The molecule has 2 rings (SSSR count). The van der Waals surface area contributed by atoms with Crippen LogP contribution in [0.4, 0.5) is 0 Å². The van der Waals surface area contributed by atoms with E-state index >= 15 is 0 Å². The number of hydrogen-bond acceptors (Lipinski definition) is 2. The van der Waals surface area contributed by atoms with Crippen molar-refractivity contribution in [1.29, 1.82) is 0 Å². The van der Waals surface area contributed by atoms with Crippen LogP contribution in [0.5, 0.6) is 0 Å². The molecule has 2 aromatic rings. The molecule has 104 valence electrons. The molecular weight excluding hydrogens is 266 g/mol. The molecule has 20 heavy (non-hydrogen) atoms. The van der Waals surface area contributed by atoms with Crippen molar-refractivity contribution in [1.82, 2.24) is 0 Å². The average molecular weight is 285 g/mol. The van der Waals surface area contributed by atoms with E-state index in [9.17, 15) is 4.21 Å². The molecule has 0 spiro atoms. The standard InChI is InChI=1S/C17H19NOS/c1-20(19)14-8-13-18-17(15-9-4-2-5-10-15)16-11-6-3-7-12-16/h2-7,9-12H,8,13-14H2,1H3. The van der Waals surface area contributed by atoms with Crippen LogP contribution in [0.3, 0.4) is 0 Å². The van der Waals surface area contributed by atoms with Gasteiger partial charge in [-0.25, -0.2) is 0 Å². The van der Waals surface area contributed by atoms with Gasteiger partial charge in [0.1, 0.15) is 0 Å². The van der Waals surface area contributed by atoms with E-state index in [1.165, 1.54) is 0 Å². The molecule has 0 aliphatic carbocycles. The van der Waals surface area contributed by atoms with Gasteiger partial charge in [-0.1, -0.05) is 60.7 Å². The Labute approximate surface area is 123 Å². The Morgan fingerprint density at radius 1 is 0.950 bits per heavy atom. The molecule has 0 amide bonds. The van der Waals surface area contributed by atoms with Crippen molar-refractivity contribution in [2.24, 2.45) is 4.99 Å².